The van der Waals surface area contributed by atoms with Gasteiger partial charge in [-0.3, -0.25) is 19.5 Å². The van der Waals surface area contributed by atoms with Crippen molar-refractivity contribution in [3.05, 3.63) is 95.1 Å². The fourth-order valence-corrected chi connectivity index (χ4v) is 5.32. The Kier molecular flexibility index (Phi) is 9.22. The number of rotatable bonds is 8. The molecular weight excluding hydrogens is 521 g/mol. The SMILES string of the molecule is N#Cc1ccc(CN2CCC(NC(=O)c3ccc(C(=O)N4CCC(COc5ccc(F)cc5)CC4)cn3)CC2)cc1. The number of carbonyl (C=O) groups excluding carboxylic acids is 2. The van der Waals surface area contributed by atoms with Crippen molar-refractivity contribution in [2.45, 2.75) is 38.3 Å². The van der Waals surface area contributed by atoms with Crippen LogP contribution in [0, 0.1) is 23.1 Å². The van der Waals surface area contributed by atoms with E-state index in [2.05, 4.69) is 21.3 Å². The highest BCUT2D eigenvalue weighted by atomic mass is 19.1. The summed E-state index contributed by atoms with van der Waals surface area (Å²) in [6, 6.07) is 19.2. The van der Waals surface area contributed by atoms with Gasteiger partial charge in [0.1, 0.15) is 17.3 Å². The standard InChI is InChI=1S/C32H34FN5O3/c33-27-6-8-29(9-7-27)41-22-25-11-17-38(18-12-25)32(40)26-5-10-30(35-20-26)31(39)36-28-13-15-37(16-14-28)21-24-3-1-23(19-34)2-4-24/h1-10,20,25,28H,11-18,21-22H2,(H,36,39). The molecule has 5 rings (SSSR count). The Morgan fingerprint density at radius 3 is 2.29 bits per heavy atom. The Morgan fingerprint density at radius 2 is 1.66 bits per heavy atom. The summed E-state index contributed by atoms with van der Waals surface area (Å²) in [5, 5.41) is 12.0. The van der Waals surface area contributed by atoms with Gasteiger partial charge in [-0.25, -0.2) is 4.39 Å². The lowest BCUT2D eigenvalue weighted by Gasteiger charge is -2.32. The molecule has 0 aliphatic carbocycles. The van der Waals surface area contributed by atoms with E-state index < -0.39 is 0 Å². The monoisotopic (exact) mass is 555 g/mol. The van der Waals surface area contributed by atoms with Crippen molar-refractivity contribution in [3.8, 4) is 11.8 Å². The normalized spacial score (nSPS) is 16.6. The second-order valence-electron chi connectivity index (χ2n) is 10.8. The average molecular weight is 556 g/mol. The van der Waals surface area contributed by atoms with Crippen LogP contribution in [0.15, 0.2) is 66.9 Å². The van der Waals surface area contributed by atoms with Crippen LogP contribution in [-0.2, 0) is 6.54 Å². The molecule has 212 valence electrons. The maximum atomic E-state index is 13.1. The lowest BCUT2D eigenvalue weighted by atomic mass is 9.97. The number of benzene rings is 2. The third kappa shape index (κ3) is 7.68. The first-order valence-corrected chi connectivity index (χ1v) is 14.1. The van der Waals surface area contributed by atoms with E-state index in [0.717, 1.165) is 45.3 Å². The zero-order chi connectivity index (χ0) is 28.6. The summed E-state index contributed by atoms with van der Waals surface area (Å²) in [4.78, 5) is 34.3. The van der Waals surface area contributed by atoms with Crippen LogP contribution >= 0.6 is 0 Å². The fraction of sp³-hybridized carbons (Fsp3) is 0.375. The van der Waals surface area contributed by atoms with Gasteiger partial charge in [-0.2, -0.15) is 5.26 Å². The van der Waals surface area contributed by atoms with Crippen molar-refractivity contribution in [2.75, 3.05) is 32.8 Å². The first-order valence-electron chi connectivity index (χ1n) is 14.1. The molecule has 2 amide bonds. The predicted octanol–water partition coefficient (Wildman–Crippen LogP) is 4.42. The molecule has 8 nitrogen and oxygen atoms in total. The Balaban J connectivity index is 1.03. The van der Waals surface area contributed by atoms with Crippen molar-refractivity contribution < 1.29 is 18.7 Å². The molecule has 0 saturated carbocycles. The number of hydrogen-bond acceptors (Lipinski definition) is 6. The van der Waals surface area contributed by atoms with Gasteiger partial charge in [-0.15, -0.1) is 0 Å². The Hall–Kier alpha value is -4.29. The number of pyridine rings is 1. The first-order chi connectivity index (χ1) is 20.0. The number of piperidine rings is 2. The number of halogens is 1. The number of ether oxygens (including phenoxy) is 1. The molecule has 2 aromatic carbocycles. The van der Waals surface area contributed by atoms with Gasteiger partial charge >= 0.3 is 0 Å². The molecule has 3 heterocycles. The summed E-state index contributed by atoms with van der Waals surface area (Å²) in [5.41, 5.74) is 2.61. The van der Waals surface area contributed by atoms with Crippen LogP contribution in [-0.4, -0.2) is 65.4 Å². The number of likely N-dealkylation sites (tertiary alicyclic amines) is 2. The minimum absolute atomic E-state index is 0.0798. The maximum Gasteiger partial charge on any atom is 0.270 e. The second-order valence-corrected chi connectivity index (χ2v) is 10.8. The van der Waals surface area contributed by atoms with Gasteiger partial charge in [0, 0.05) is 45.0 Å². The van der Waals surface area contributed by atoms with Crippen LogP contribution in [0.25, 0.3) is 0 Å². The van der Waals surface area contributed by atoms with Crippen LogP contribution in [0.1, 0.15) is 57.7 Å². The van der Waals surface area contributed by atoms with Gasteiger partial charge in [0.25, 0.3) is 11.8 Å². The quantitative estimate of drug-likeness (QED) is 0.442. The van der Waals surface area contributed by atoms with E-state index in [1.165, 1.54) is 23.9 Å². The van der Waals surface area contributed by atoms with Gasteiger partial charge < -0.3 is 15.0 Å². The molecule has 0 unspecified atom stereocenters. The van der Waals surface area contributed by atoms with Crippen LogP contribution in [0.5, 0.6) is 5.75 Å². The molecule has 0 bridgehead atoms. The summed E-state index contributed by atoms with van der Waals surface area (Å²) in [5.74, 6) is 0.371. The maximum absolute atomic E-state index is 13.1. The summed E-state index contributed by atoms with van der Waals surface area (Å²) >= 11 is 0. The molecule has 9 heteroatoms. The van der Waals surface area contributed by atoms with Gasteiger partial charge in [0.15, 0.2) is 0 Å². The second kappa shape index (κ2) is 13.4. The molecule has 0 radical (unpaired) electrons. The number of nitrogens with one attached hydrogen (secondary N) is 1. The smallest absolute Gasteiger partial charge is 0.270 e. The predicted molar refractivity (Wildman–Crippen MR) is 152 cm³/mol. The highest BCUT2D eigenvalue weighted by Crippen LogP contribution is 2.21. The first kappa shape index (κ1) is 28.2. The largest absolute Gasteiger partial charge is 0.493 e. The Labute approximate surface area is 239 Å². The number of hydrogen-bond donors (Lipinski definition) is 1. The van der Waals surface area contributed by atoms with Gasteiger partial charge in [0.2, 0.25) is 0 Å². The molecule has 2 aliphatic rings. The number of amides is 2. The minimum Gasteiger partial charge on any atom is -0.493 e. The highest BCUT2D eigenvalue weighted by molar-refractivity contribution is 5.96. The molecular formula is C32H34FN5O3. The molecule has 2 saturated heterocycles. The van der Waals surface area contributed by atoms with Crippen molar-refractivity contribution in [2.24, 2.45) is 5.92 Å². The zero-order valence-corrected chi connectivity index (χ0v) is 23.0. The third-order valence-electron chi connectivity index (χ3n) is 7.86. The lowest BCUT2D eigenvalue weighted by Crippen LogP contribution is -2.44. The molecule has 0 atom stereocenters. The summed E-state index contributed by atoms with van der Waals surface area (Å²) < 4.78 is 18.8. The molecule has 1 aromatic heterocycles. The fourth-order valence-electron chi connectivity index (χ4n) is 5.32. The molecule has 1 N–H and O–H groups in total. The van der Waals surface area contributed by atoms with Crippen LogP contribution in [0.2, 0.25) is 0 Å². The van der Waals surface area contributed by atoms with Gasteiger partial charge in [-0.05, 0) is 85.7 Å². The third-order valence-corrected chi connectivity index (χ3v) is 7.86. The molecule has 41 heavy (non-hydrogen) atoms. The van der Waals surface area contributed by atoms with Crippen molar-refractivity contribution in [1.82, 2.24) is 20.1 Å². The van der Waals surface area contributed by atoms with Crippen molar-refractivity contribution in [1.29, 1.82) is 5.26 Å². The average Bonchev–Trinajstić information content (AvgIpc) is 3.02. The van der Waals surface area contributed by atoms with Crippen LogP contribution in [0.3, 0.4) is 0 Å². The molecule has 2 fully saturated rings. The van der Waals surface area contributed by atoms with Crippen LogP contribution in [0.4, 0.5) is 4.39 Å². The summed E-state index contributed by atoms with van der Waals surface area (Å²) in [7, 11) is 0. The van der Waals surface area contributed by atoms with E-state index in [9.17, 15) is 14.0 Å². The number of nitriles is 1. The topological polar surface area (TPSA) is 98.6 Å². The van der Waals surface area contributed by atoms with Gasteiger partial charge in [0.05, 0.1) is 23.8 Å². The van der Waals surface area contributed by atoms with E-state index >= 15 is 0 Å². The van der Waals surface area contributed by atoms with E-state index in [1.54, 1.807) is 24.3 Å². The number of aromatic nitrogens is 1. The van der Waals surface area contributed by atoms with E-state index in [0.29, 0.717) is 48.2 Å². The zero-order valence-electron chi connectivity index (χ0n) is 23.0. The van der Waals surface area contributed by atoms with E-state index in [4.69, 9.17) is 10.00 Å². The lowest BCUT2D eigenvalue weighted by molar-refractivity contribution is 0.0660. The highest BCUT2D eigenvalue weighted by Gasteiger charge is 2.25. The van der Waals surface area contributed by atoms with E-state index in [1.807, 2.05) is 29.2 Å². The number of nitrogens with zero attached hydrogens (tertiary/aromatic N) is 4. The molecule has 3 aromatic rings. The van der Waals surface area contributed by atoms with Gasteiger partial charge in [-0.1, -0.05) is 12.1 Å². The molecule has 0 spiro atoms. The van der Waals surface area contributed by atoms with Crippen molar-refractivity contribution >= 4 is 11.8 Å². The minimum atomic E-state index is -0.291. The summed E-state index contributed by atoms with van der Waals surface area (Å²) in [6.45, 7) is 4.37. The van der Waals surface area contributed by atoms with Crippen molar-refractivity contribution in [3.63, 3.8) is 0 Å². The Morgan fingerprint density at radius 1 is 0.951 bits per heavy atom. The molecule has 2 aliphatic heterocycles. The summed E-state index contributed by atoms with van der Waals surface area (Å²) in [6.07, 6.45) is 4.84. The Bertz CT molecular complexity index is 1360. The van der Waals surface area contributed by atoms with Crippen LogP contribution < -0.4 is 10.1 Å². The number of carbonyl (C=O) groups is 2. The van der Waals surface area contributed by atoms with E-state index in [-0.39, 0.29) is 23.7 Å².